The fraction of sp³-hybridized carbons (Fsp3) is 0.520. The molecule has 0 spiro atoms. The van der Waals surface area contributed by atoms with Gasteiger partial charge in [0.25, 0.3) is 5.91 Å². The number of fused-ring (bicyclic) bond motifs is 3. The fourth-order valence-electron chi connectivity index (χ4n) is 5.13. The normalized spacial score (nSPS) is 22.2. The van der Waals surface area contributed by atoms with Gasteiger partial charge in [0.15, 0.2) is 0 Å². The number of hydrogen-bond donors (Lipinski definition) is 1. The summed E-state index contributed by atoms with van der Waals surface area (Å²) in [5.41, 5.74) is 0.852. The minimum Gasteiger partial charge on any atom is -0.351 e. The van der Waals surface area contributed by atoms with Gasteiger partial charge in [0.2, 0.25) is 5.91 Å². The number of nitrogens with one attached hydrogen (secondary N) is 1. The molecule has 2 aliphatic rings. The van der Waals surface area contributed by atoms with Crippen LogP contribution in [0.4, 0.5) is 0 Å². The van der Waals surface area contributed by atoms with Gasteiger partial charge in [0.1, 0.15) is 11.2 Å². The highest BCUT2D eigenvalue weighted by Crippen LogP contribution is 2.37. The Balaban J connectivity index is 1.52. The van der Waals surface area contributed by atoms with Crippen LogP contribution in [0.25, 0.3) is 10.2 Å². The molecule has 1 saturated carbocycles. The predicted molar refractivity (Wildman–Crippen MR) is 131 cm³/mol. The Bertz CT molecular complexity index is 1120. The lowest BCUT2D eigenvalue weighted by molar-refractivity contribution is -0.134. The summed E-state index contributed by atoms with van der Waals surface area (Å²) in [6.45, 7) is 5.05. The van der Waals surface area contributed by atoms with Crippen LogP contribution in [-0.4, -0.2) is 32.9 Å². The lowest BCUT2D eigenvalue weighted by Crippen LogP contribution is -2.64. The van der Waals surface area contributed by atoms with Crippen LogP contribution in [0.5, 0.6) is 0 Å². The van der Waals surface area contributed by atoms with Gasteiger partial charge in [0.05, 0.1) is 23.3 Å². The van der Waals surface area contributed by atoms with Gasteiger partial charge in [-0.25, -0.2) is 0 Å². The Morgan fingerprint density at radius 1 is 1.19 bits per heavy atom. The van der Waals surface area contributed by atoms with E-state index in [1.807, 2.05) is 35.4 Å². The lowest BCUT2D eigenvalue weighted by Gasteiger charge is -2.44. The summed E-state index contributed by atoms with van der Waals surface area (Å²) >= 11 is 3.38. The average molecular weight is 470 g/mol. The first-order chi connectivity index (χ1) is 15.5. The first-order valence-electron chi connectivity index (χ1n) is 11.8. The monoisotopic (exact) mass is 469 g/mol. The van der Waals surface area contributed by atoms with E-state index in [1.165, 1.54) is 17.7 Å². The van der Waals surface area contributed by atoms with Crippen molar-refractivity contribution < 1.29 is 9.59 Å². The molecule has 1 aliphatic carbocycles. The van der Waals surface area contributed by atoms with Crippen LogP contribution in [-0.2, 0) is 24.3 Å². The second-order valence-corrected chi connectivity index (χ2v) is 11.5. The van der Waals surface area contributed by atoms with E-state index in [0.29, 0.717) is 18.8 Å². The van der Waals surface area contributed by atoms with Crippen molar-refractivity contribution in [2.75, 3.05) is 0 Å². The van der Waals surface area contributed by atoms with Crippen molar-refractivity contribution in [3.63, 3.8) is 0 Å². The van der Waals surface area contributed by atoms with Crippen molar-refractivity contribution in [2.24, 2.45) is 0 Å². The van der Waals surface area contributed by atoms with Gasteiger partial charge in [-0.1, -0.05) is 38.7 Å². The molecule has 32 heavy (non-hydrogen) atoms. The average Bonchev–Trinajstić information content (AvgIpc) is 3.45. The van der Waals surface area contributed by atoms with E-state index < -0.39 is 5.54 Å². The Labute approximate surface area is 197 Å². The maximum absolute atomic E-state index is 13.8. The molecule has 1 N–H and O–H groups in total. The first kappa shape index (κ1) is 21.7. The summed E-state index contributed by atoms with van der Waals surface area (Å²) in [6, 6.07) is 8.46. The largest absolute Gasteiger partial charge is 0.351 e. The molecule has 1 aliphatic heterocycles. The smallest absolute Gasteiger partial charge is 0.271 e. The second kappa shape index (κ2) is 8.67. The van der Waals surface area contributed by atoms with Crippen LogP contribution >= 0.6 is 22.7 Å². The topological polar surface area (TPSA) is 54.3 Å². The molecule has 5 nitrogen and oxygen atoms in total. The predicted octanol–water partition coefficient (Wildman–Crippen LogP) is 5.58. The molecule has 0 saturated heterocycles. The number of aromatic nitrogens is 1. The lowest BCUT2D eigenvalue weighted by atomic mass is 9.93. The first-order valence-corrected chi connectivity index (χ1v) is 13.5. The van der Waals surface area contributed by atoms with Crippen LogP contribution in [0.15, 0.2) is 29.6 Å². The number of thiophene rings is 2. The Morgan fingerprint density at radius 2 is 1.97 bits per heavy atom. The van der Waals surface area contributed by atoms with Crippen LogP contribution in [0.2, 0.25) is 0 Å². The summed E-state index contributed by atoms with van der Waals surface area (Å²) in [7, 11) is 0. The van der Waals surface area contributed by atoms with Gasteiger partial charge in [-0.3, -0.25) is 9.59 Å². The fourth-order valence-corrected chi connectivity index (χ4v) is 6.87. The Hall–Kier alpha value is -2.12. The molecule has 2 amide bonds. The van der Waals surface area contributed by atoms with Crippen LogP contribution < -0.4 is 5.32 Å². The summed E-state index contributed by atoms with van der Waals surface area (Å²) in [5, 5.41) is 5.37. The van der Waals surface area contributed by atoms with E-state index in [2.05, 4.69) is 22.9 Å². The minimum absolute atomic E-state index is 0.0206. The van der Waals surface area contributed by atoms with Crippen LogP contribution in [0, 0.1) is 0 Å². The quantitative estimate of drug-likeness (QED) is 0.496. The maximum atomic E-state index is 13.8. The molecule has 0 aromatic carbocycles. The molecule has 170 valence electrons. The summed E-state index contributed by atoms with van der Waals surface area (Å²) in [5.74, 6) is -0.0719. The second-order valence-electron chi connectivity index (χ2n) is 9.34. The van der Waals surface area contributed by atoms with Gasteiger partial charge in [0, 0.05) is 15.8 Å². The summed E-state index contributed by atoms with van der Waals surface area (Å²) in [4.78, 5) is 31.8. The number of hydrogen-bond acceptors (Lipinski definition) is 4. The van der Waals surface area contributed by atoms with Gasteiger partial charge >= 0.3 is 0 Å². The molecule has 5 rings (SSSR count). The minimum atomic E-state index is -0.930. The van der Waals surface area contributed by atoms with E-state index >= 15 is 0 Å². The molecule has 3 aromatic heterocycles. The van der Waals surface area contributed by atoms with Gasteiger partial charge in [-0.15, -0.1) is 22.7 Å². The molecule has 3 aromatic rings. The molecule has 0 radical (unpaired) electrons. The van der Waals surface area contributed by atoms with E-state index in [4.69, 9.17) is 0 Å². The highest BCUT2D eigenvalue weighted by Gasteiger charge is 2.48. The van der Waals surface area contributed by atoms with Crippen molar-refractivity contribution in [2.45, 2.75) is 83.5 Å². The maximum Gasteiger partial charge on any atom is 0.271 e. The molecule has 7 heteroatoms. The number of nitrogens with zero attached hydrogens (tertiary/aromatic N) is 2. The van der Waals surface area contributed by atoms with Crippen molar-refractivity contribution in [1.82, 2.24) is 14.8 Å². The van der Waals surface area contributed by atoms with Gasteiger partial charge in [-0.2, -0.15) is 0 Å². The molecular weight excluding hydrogens is 438 g/mol. The molecule has 1 unspecified atom stereocenters. The third-order valence-corrected chi connectivity index (χ3v) is 9.17. The van der Waals surface area contributed by atoms with Crippen LogP contribution in [0.1, 0.15) is 72.6 Å². The molecule has 1 atom stereocenters. The number of carbonyl (C=O) groups excluding carboxylic acids is 2. The van der Waals surface area contributed by atoms with E-state index in [1.54, 1.807) is 22.7 Å². The van der Waals surface area contributed by atoms with Gasteiger partial charge < -0.3 is 14.8 Å². The van der Waals surface area contributed by atoms with E-state index in [9.17, 15) is 9.59 Å². The van der Waals surface area contributed by atoms with Crippen LogP contribution in [0.3, 0.4) is 0 Å². The highest BCUT2D eigenvalue weighted by molar-refractivity contribution is 7.19. The molecular formula is C25H31N3O2S2. The van der Waals surface area contributed by atoms with E-state index in [0.717, 1.165) is 47.2 Å². The molecule has 4 heterocycles. The summed E-state index contributed by atoms with van der Waals surface area (Å²) < 4.78 is 3.22. The Kier molecular flexibility index (Phi) is 5.88. The number of aryl methyl sites for hydroxylation is 1. The zero-order valence-corrected chi connectivity index (χ0v) is 20.5. The number of carbonyl (C=O) groups is 2. The molecule has 1 fully saturated rings. The van der Waals surface area contributed by atoms with Crippen molar-refractivity contribution in [3.05, 3.63) is 45.1 Å². The van der Waals surface area contributed by atoms with Crippen molar-refractivity contribution in [3.8, 4) is 0 Å². The third kappa shape index (κ3) is 3.79. The number of rotatable bonds is 5. The standard InChI is InChI=1S/C25H31N3O2S2/c1-3-18-13-20-22(32-18)14-21-23(29)28(15-19-11-8-12-31-19)25(2,16-27(20)21)24(30)26-17-9-6-4-5-7-10-17/h8,11-14,17H,3-7,9-10,15-16H2,1-2H3,(H,26,30). The third-order valence-electron chi connectivity index (χ3n) is 7.09. The number of amides is 2. The zero-order chi connectivity index (χ0) is 22.3. The zero-order valence-electron chi connectivity index (χ0n) is 18.9. The van der Waals surface area contributed by atoms with E-state index in [-0.39, 0.29) is 17.9 Å². The summed E-state index contributed by atoms with van der Waals surface area (Å²) in [6.07, 6.45) is 7.86. The SMILES string of the molecule is CCc1cc2c(cc3n2CC(C)(C(=O)NC2CCCCCC2)N(Cc2cccs2)C3=O)s1. The van der Waals surface area contributed by atoms with Crippen molar-refractivity contribution >= 4 is 44.7 Å². The van der Waals surface area contributed by atoms with Gasteiger partial charge in [-0.05, 0) is 49.8 Å². The highest BCUT2D eigenvalue weighted by atomic mass is 32.1. The Morgan fingerprint density at radius 3 is 2.66 bits per heavy atom. The van der Waals surface area contributed by atoms with Crippen molar-refractivity contribution in [1.29, 1.82) is 0 Å². The molecule has 0 bridgehead atoms.